The molecule has 5 rings (SSSR count). The molecule has 0 atom stereocenters. The summed E-state index contributed by atoms with van der Waals surface area (Å²) in [5.74, 6) is 0.903. The molecule has 0 radical (unpaired) electrons. The number of aromatic nitrogens is 5. The number of hydrogen-bond acceptors (Lipinski definition) is 5. The highest BCUT2D eigenvalue weighted by Gasteiger charge is 2.24. The van der Waals surface area contributed by atoms with Gasteiger partial charge in [0.05, 0.1) is 22.1 Å². The Bertz CT molecular complexity index is 1260. The number of hydrogen-bond donors (Lipinski definition) is 0. The predicted octanol–water partition coefficient (Wildman–Crippen LogP) is 4.93. The van der Waals surface area contributed by atoms with Crippen LogP contribution >= 0.6 is 23.2 Å². The Morgan fingerprint density at radius 1 is 0.923 bits per heavy atom. The molecule has 0 aliphatic heterocycles. The Kier molecular flexibility index (Phi) is 3.41. The number of para-hydroxylation sites is 1. The molecule has 0 N–H and O–H groups in total. The molecule has 126 valence electrons. The van der Waals surface area contributed by atoms with Crippen LogP contribution in [0, 0.1) is 0 Å². The molecule has 1 aromatic carbocycles. The third-order valence-corrected chi connectivity index (χ3v) is 4.64. The molecule has 0 saturated heterocycles. The summed E-state index contributed by atoms with van der Waals surface area (Å²) in [4.78, 5) is 12.7. The minimum Gasteiger partial charge on any atom is -0.449 e. The van der Waals surface area contributed by atoms with Gasteiger partial charge in [-0.25, -0.2) is 14.6 Å². The molecular weight excluding hydrogens is 373 g/mol. The monoisotopic (exact) mass is 381 g/mol. The van der Waals surface area contributed by atoms with Crippen molar-refractivity contribution in [2.24, 2.45) is 0 Å². The van der Waals surface area contributed by atoms with Crippen molar-refractivity contribution in [2.75, 3.05) is 0 Å². The molecule has 4 aromatic heterocycles. The molecule has 0 spiro atoms. The second-order valence-electron chi connectivity index (χ2n) is 5.56. The number of halogens is 2. The molecule has 6 nitrogen and oxygen atoms in total. The Hall–Kier alpha value is -2.96. The topological polar surface area (TPSA) is 69.6 Å². The normalized spacial score (nSPS) is 11.5. The zero-order chi connectivity index (χ0) is 17.7. The van der Waals surface area contributed by atoms with E-state index >= 15 is 0 Å². The summed E-state index contributed by atoms with van der Waals surface area (Å²) in [5, 5.41) is 6.94. The van der Waals surface area contributed by atoms with Gasteiger partial charge in [0.1, 0.15) is 5.69 Å². The van der Waals surface area contributed by atoms with E-state index in [4.69, 9.17) is 27.6 Å². The first-order valence-electron chi connectivity index (χ1n) is 7.71. The van der Waals surface area contributed by atoms with Crippen LogP contribution in [0.1, 0.15) is 0 Å². The van der Waals surface area contributed by atoms with E-state index in [1.165, 1.54) is 0 Å². The van der Waals surface area contributed by atoms with Crippen molar-refractivity contribution >= 4 is 45.1 Å². The maximum absolute atomic E-state index is 6.45. The number of nitrogens with zero attached hydrogens (tertiary/aromatic N) is 5. The van der Waals surface area contributed by atoms with Crippen LogP contribution < -0.4 is 0 Å². The van der Waals surface area contributed by atoms with Gasteiger partial charge >= 0.3 is 0 Å². The summed E-state index contributed by atoms with van der Waals surface area (Å²) >= 11 is 12.8. The van der Waals surface area contributed by atoms with Crippen molar-refractivity contribution in [1.82, 2.24) is 24.7 Å². The van der Waals surface area contributed by atoms with Gasteiger partial charge in [0, 0.05) is 24.0 Å². The molecule has 0 saturated carbocycles. The van der Waals surface area contributed by atoms with Crippen LogP contribution in [0.25, 0.3) is 39.1 Å². The number of rotatable bonds is 2. The number of pyridine rings is 1. The van der Waals surface area contributed by atoms with Crippen molar-refractivity contribution in [3.8, 4) is 17.3 Å². The average molecular weight is 382 g/mol. The smallest absolute Gasteiger partial charge is 0.198 e. The van der Waals surface area contributed by atoms with Crippen LogP contribution in [0.5, 0.6) is 0 Å². The molecule has 0 fully saturated rings. The molecule has 5 aromatic rings. The minimum absolute atomic E-state index is 0.353. The Morgan fingerprint density at radius 3 is 2.62 bits per heavy atom. The summed E-state index contributed by atoms with van der Waals surface area (Å²) in [6.45, 7) is 0. The van der Waals surface area contributed by atoms with E-state index in [1.54, 1.807) is 41.6 Å². The van der Waals surface area contributed by atoms with E-state index in [2.05, 4.69) is 20.1 Å². The lowest BCUT2D eigenvalue weighted by Gasteiger charge is -2.05. The highest BCUT2D eigenvalue weighted by molar-refractivity contribution is 6.39. The van der Waals surface area contributed by atoms with E-state index in [0.717, 1.165) is 10.8 Å². The predicted molar refractivity (Wildman–Crippen MR) is 99.7 cm³/mol. The van der Waals surface area contributed by atoms with Gasteiger partial charge in [-0.1, -0.05) is 29.3 Å². The van der Waals surface area contributed by atoms with Crippen LogP contribution in [-0.4, -0.2) is 24.7 Å². The van der Waals surface area contributed by atoms with Crippen molar-refractivity contribution in [3.63, 3.8) is 0 Å². The van der Waals surface area contributed by atoms with E-state index in [-0.39, 0.29) is 0 Å². The molecular formula is C18H9Cl2N5O. The van der Waals surface area contributed by atoms with Crippen molar-refractivity contribution < 1.29 is 4.42 Å². The standard InChI is InChI=1S/C18H9Cl2N5O/c19-12-4-1-3-11-14(12)25(24-17(11)20)15-10-5-8-21-9-13(10)26-16(15)18-22-6-2-7-23-18/h1-9H. The zero-order valence-corrected chi connectivity index (χ0v) is 14.6. The summed E-state index contributed by atoms with van der Waals surface area (Å²) in [6, 6.07) is 9.08. The largest absolute Gasteiger partial charge is 0.449 e. The van der Waals surface area contributed by atoms with Crippen molar-refractivity contribution in [2.45, 2.75) is 0 Å². The molecule has 0 unspecified atom stereocenters. The second kappa shape index (κ2) is 5.79. The third kappa shape index (κ3) is 2.20. The van der Waals surface area contributed by atoms with E-state index < -0.39 is 0 Å². The summed E-state index contributed by atoms with van der Waals surface area (Å²) in [7, 11) is 0. The summed E-state index contributed by atoms with van der Waals surface area (Å²) in [6.07, 6.45) is 6.63. The van der Waals surface area contributed by atoms with Crippen LogP contribution in [-0.2, 0) is 0 Å². The summed E-state index contributed by atoms with van der Waals surface area (Å²) < 4.78 is 7.68. The van der Waals surface area contributed by atoms with Gasteiger partial charge in [-0.3, -0.25) is 4.98 Å². The fraction of sp³-hybridized carbons (Fsp3) is 0. The molecule has 0 aliphatic carbocycles. The SMILES string of the molecule is Clc1nn(-c2c(-c3ncccn3)oc3cnccc23)c2c(Cl)cccc12. The number of furan rings is 1. The molecule has 8 heteroatoms. The van der Waals surface area contributed by atoms with Gasteiger partial charge < -0.3 is 4.42 Å². The first kappa shape index (κ1) is 15.3. The zero-order valence-electron chi connectivity index (χ0n) is 13.1. The summed E-state index contributed by atoms with van der Waals surface area (Å²) in [5.41, 5.74) is 1.95. The fourth-order valence-electron chi connectivity index (χ4n) is 2.97. The number of benzene rings is 1. The van der Waals surface area contributed by atoms with Crippen molar-refractivity contribution in [3.05, 3.63) is 65.3 Å². The lowest BCUT2D eigenvalue weighted by molar-refractivity contribution is 0.619. The van der Waals surface area contributed by atoms with Gasteiger partial charge in [0.25, 0.3) is 0 Å². The lowest BCUT2D eigenvalue weighted by atomic mass is 10.2. The van der Waals surface area contributed by atoms with Gasteiger partial charge in [0.15, 0.2) is 22.3 Å². The van der Waals surface area contributed by atoms with Crippen LogP contribution in [0.4, 0.5) is 0 Å². The molecule has 4 heterocycles. The quantitative estimate of drug-likeness (QED) is 0.433. The Morgan fingerprint density at radius 2 is 1.77 bits per heavy atom. The van der Waals surface area contributed by atoms with E-state index in [1.807, 2.05) is 18.2 Å². The Balaban J connectivity index is 1.94. The van der Waals surface area contributed by atoms with E-state index in [9.17, 15) is 0 Å². The van der Waals surface area contributed by atoms with Crippen molar-refractivity contribution in [1.29, 1.82) is 0 Å². The van der Waals surface area contributed by atoms with Gasteiger partial charge in [-0.05, 0) is 24.3 Å². The van der Waals surface area contributed by atoms with Crippen LogP contribution in [0.15, 0.2) is 59.5 Å². The van der Waals surface area contributed by atoms with Gasteiger partial charge in [-0.2, -0.15) is 5.10 Å². The lowest BCUT2D eigenvalue weighted by Crippen LogP contribution is -1.99. The maximum Gasteiger partial charge on any atom is 0.198 e. The highest BCUT2D eigenvalue weighted by atomic mass is 35.5. The first-order chi connectivity index (χ1) is 12.7. The highest BCUT2D eigenvalue weighted by Crippen LogP contribution is 2.38. The van der Waals surface area contributed by atoms with Gasteiger partial charge in [0.2, 0.25) is 0 Å². The molecule has 0 amide bonds. The average Bonchev–Trinajstić information content (AvgIpc) is 3.21. The van der Waals surface area contributed by atoms with Gasteiger partial charge in [-0.15, -0.1) is 0 Å². The first-order valence-corrected chi connectivity index (χ1v) is 8.46. The van der Waals surface area contributed by atoms with Crippen LogP contribution in [0.3, 0.4) is 0 Å². The third-order valence-electron chi connectivity index (χ3n) is 4.06. The van der Waals surface area contributed by atoms with E-state index in [0.29, 0.717) is 38.5 Å². The molecule has 0 bridgehead atoms. The molecule has 0 aliphatic rings. The maximum atomic E-state index is 6.45. The number of fused-ring (bicyclic) bond motifs is 2. The Labute approximate surface area is 157 Å². The molecule has 26 heavy (non-hydrogen) atoms. The second-order valence-corrected chi connectivity index (χ2v) is 6.33. The minimum atomic E-state index is 0.353. The van der Waals surface area contributed by atoms with Crippen LogP contribution in [0.2, 0.25) is 10.2 Å². The fourth-order valence-corrected chi connectivity index (χ4v) is 3.45.